The summed E-state index contributed by atoms with van der Waals surface area (Å²) in [6.45, 7) is 0. The third-order valence-electron chi connectivity index (χ3n) is 2.48. The average Bonchev–Trinajstić information content (AvgIpc) is 2.46. The van der Waals surface area contributed by atoms with Gasteiger partial charge < -0.3 is 5.11 Å². The van der Waals surface area contributed by atoms with Gasteiger partial charge in [0.15, 0.2) is 0 Å². The molecule has 1 aliphatic carbocycles. The first-order valence-corrected chi connectivity index (χ1v) is 4.99. The Kier molecular flexibility index (Phi) is 2.12. The highest BCUT2D eigenvalue weighted by atomic mass is 79.9. The van der Waals surface area contributed by atoms with E-state index in [9.17, 15) is 4.79 Å². The maximum absolute atomic E-state index is 10.8. The zero-order valence-electron chi connectivity index (χ0n) is 6.96. The zero-order chi connectivity index (χ0) is 9.42. The van der Waals surface area contributed by atoms with E-state index >= 15 is 0 Å². The molecular formula is C10H9BrO2. The fourth-order valence-corrected chi connectivity index (χ4v) is 2.25. The van der Waals surface area contributed by atoms with Crippen LogP contribution in [0.5, 0.6) is 0 Å². The van der Waals surface area contributed by atoms with E-state index in [2.05, 4.69) is 15.9 Å². The first-order valence-electron chi connectivity index (χ1n) is 4.19. The van der Waals surface area contributed by atoms with Crippen molar-refractivity contribution >= 4 is 21.9 Å². The predicted octanol–water partition coefficient (Wildman–Crippen LogP) is 2.56. The van der Waals surface area contributed by atoms with Crippen molar-refractivity contribution in [3.63, 3.8) is 0 Å². The van der Waals surface area contributed by atoms with Gasteiger partial charge in [-0.15, -0.1) is 0 Å². The maximum Gasteiger partial charge on any atom is 0.310 e. The molecule has 0 unspecified atom stereocenters. The van der Waals surface area contributed by atoms with Crippen LogP contribution in [0.15, 0.2) is 22.7 Å². The van der Waals surface area contributed by atoms with Crippen LogP contribution in [0.1, 0.15) is 23.5 Å². The standard InChI is InChI=1S/C10H9BrO2/c11-7-2-4-8-6(5-7)1-3-9(8)10(12)13/h2,4-5,9H,1,3H2,(H,12,13)/t9-/m0/s1. The lowest BCUT2D eigenvalue weighted by Gasteiger charge is -2.04. The summed E-state index contributed by atoms with van der Waals surface area (Å²) in [4.78, 5) is 10.8. The minimum Gasteiger partial charge on any atom is -0.481 e. The highest BCUT2D eigenvalue weighted by molar-refractivity contribution is 9.10. The van der Waals surface area contributed by atoms with Gasteiger partial charge in [-0.05, 0) is 36.1 Å². The van der Waals surface area contributed by atoms with Crippen molar-refractivity contribution in [3.05, 3.63) is 33.8 Å². The smallest absolute Gasteiger partial charge is 0.310 e. The molecule has 0 heterocycles. The van der Waals surface area contributed by atoms with E-state index in [1.54, 1.807) is 0 Å². The molecule has 1 atom stereocenters. The molecule has 0 radical (unpaired) electrons. The summed E-state index contributed by atoms with van der Waals surface area (Å²) < 4.78 is 1.03. The number of carboxylic acid groups (broad SMARTS) is 1. The van der Waals surface area contributed by atoms with Crippen LogP contribution in [-0.4, -0.2) is 11.1 Å². The molecule has 2 rings (SSSR count). The fourth-order valence-electron chi connectivity index (χ4n) is 1.84. The molecule has 3 heteroatoms. The van der Waals surface area contributed by atoms with Gasteiger partial charge in [-0.1, -0.05) is 22.0 Å². The van der Waals surface area contributed by atoms with E-state index in [1.165, 1.54) is 5.56 Å². The summed E-state index contributed by atoms with van der Waals surface area (Å²) in [7, 11) is 0. The molecule has 1 N–H and O–H groups in total. The second-order valence-corrected chi connectivity index (χ2v) is 4.19. The Bertz CT molecular complexity index is 360. The third kappa shape index (κ3) is 1.48. The summed E-state index contributed by atoms with van der Waals surface area (Å²) in [6.07, 6.45) is 1.62. The molecule has 0 saturated heterocycles. The Hall–Kier alpha value is -0.830. The van der Waals surface area contributed by atoms with Gasteiger partial charge in [0.2, 0.25) is 0 Å². The van der Waals surface area contributed by atoms with Gasteiger partial charge >= 0.3 is 5.97 Å². The Balaban J connectivity index is 2.44. The van der Waals surface area contributed by atoms with Gasteiger partial charge in [0, 0.05) is 4.47 Å². The van der Waals surface area contributed by atoms with Crippen LogP contribution in [-0.2, 0) is 11.2 Å². The van der Waals surface area contributed by atoms with Crippen molar-refractivity contribution in [2.45, 2.75) is 18.8 Å². The van der Waals surface area contributed by atoms with Crippen LogP contribution in [0.4, 0.5) is 0 Å². The third-order valence-corrected chi connectivity index (χ3v) is 2.97. The summed E-state index contributed by atoms with van der Waals surface area (Å²) >= 11 is 3.37. The largest absolute Gasteiger partial charge is 0.481 e. The number of aliphatic carboxylic acids is 1. The monoisotopic (exact) mass is 240 g/mol. The molecule has 0 saturated carbocycles. The first-order chi connectivity index (χ1) is 6.18. The molecule has 0 aromatic heterocycles. The van der Waals surface area contributed by atoms with Crippen molar-refractivity contribution in [1.82, 2.24) is 0 Å². The van der Waals surface area contributed by atoms with Crippen molar-refractivity contribution in [3.8, 4) is 0 Å². The van der Waals surface area contributed by atoms with Crippen LogP contribution in [0.2, 0.25) is 0 Å². The molecular weight excluding hydrogens is 232 g/mol. The second kappa shape index (κ2) is 3.14. The molecule has 1 aliphatic rings. The lowest BCUT2D eigenvalue weighted by molar-refractivity contribution is -0.138. The number of carboxylic acids is 1. The summed E-state index contributed by atoms with van der Waals surface area (Å²) in [6, 6.07) is 5.82. The molecule has 1 aromatic carbocycles. The first kappa shape index (κ1) is 8.75. The SMILES string of the molecule is O=C(O)[C@H]1CCc2cc(Br)ccc21. The quantitative estimate of drug-likeness (QED) is 0.820. The Morgan fingerprint density at radius 3 is 3.00 bits per heavy atom. The van der Waals surface area contributed by atoms with Gasteiger partial charge in [-0.2, -0.15) is 0 Å². The second-order valence-electron chi connectivity index (χ2n) is 3.27. The molecule has 0 fully saturated rings. The molecule has 0 aliphatic heterocycles. The number of benzene rings is 1. The summed E-state index contributed by atoms with van der Waals surface area (Å²) in [5.41, 5.74) is 2.15. The van der Waals surface area contributed by atoms with Crippen LogP contribution < -0.4 is 0 Å². The van der Waals surface area contributed by atoms with E-state index < -0.39 is 5.97 Å². The van der Waals surface area contributed by atoms with E-state index in [1.807, 2.05) is 18.2 Å². The van der Waals surface area contributed by atoms with Gasteiger partial charge in [-0.25, -0.2) is 0 Å². The Morgan fingerprint density at radius 2 is 2.31 bits per heavy atom. The molecule has 0 bridgehead atoms. The molecule has 68 valence electrons. The lowest BCUT2D eigenvalue weighted by atomic mass is 10.0. The Labute approximate surface area is 84.7 Å². The molecule has 1 aromatic rings. The number of hydrogen-bond acceptors (Lipinski definition) is 1. The number of rotatable bonds is 1. The molecule has 13 heavy (non-hydrogen) atoms. The highest BCUT2D eigenvalue weighted by Gasteiger charge is 2.27. The molecule has 0 spiro atoms. The number of carbonyl (C=O) groups is 1. The normalized spacial score (nSPS) is 19.9. The van der Waals surface area contributed by atoms with Crippen LogP contribution in [0, 0.1) is 0 Å². The van der Waals surface area contributed by atoms with E-state index in [4.69, 9.17) is 5.11 Å². The Morgan fingerprint density at radius 1 is 1.54 bits per heavy atom. The predicted molar refractivity (Wildman–Crippen MR) is 52.8 cm³/mol. The number of fused-ring (bicyclic) bond motifs is 1. The minimum absolute atomic E-state index is 0.289. The van der Waals surface area contributed by atoms with Crippen LogP contribution in [0.25, 0.3) is 0 Å². The average molecular weight is 241 g/mol. The van der Waals surface area contributed by atoms with E-state index in [0.29, 0.717) is 0 Å². The van der Waals surface area contributed by atoms with Gasteiger partial charge in [0.1, 0.15) is 0 Å². The number of halogens is 1. The van der Waals surface area contributed by atoms with Gasteiger partial charge in [0.25, 0.3) is 0 Å². The van der Waals surface area contributed by atoms with E-state index in [0.717, 1.165) is 22.9 Å². The zero-order valence-corrected chi connectivity index (χ0v) is 8.54. The van der Waals surface area contributed by atoms with Gasteiger partial charge in [0.05, 0.1) is 5.92 Å². The fraction of sp³-hybridized carbons (Fsp3) is 0.300. The summed E-state index contributed by atoms with van der Waals surface area (Å²) in [5, 5.41) is 8.92. The summed E-state index contributed by atoms with van der Waals surface area (Å²) in [5.74, 6) is -0.996. The van der Waals surface area contributed by atoms with Crippen LogP contribution in [0.3, 0.4) is 0 Å². The van der Waals surface area contributed by atoms with Crippen molar-refractivity contribution < 1.29 is 9.90 Å². The van der Waals surface area contributed by atoms with Gasteiger partial charge in [-0.3, -0.25) is 4.79 Å². The number of aryl methyl sites for hydroxylation is 1. The topological polar surface area (TPSA) is 37.3 Å². The highest BCUT2D eigenvalue weighted by Crippen LogP contribution is 2.34. The number of hydrogen-bond donors (Lipinski definition) is 1. The lowest BCUT2D eigenvalue weighted by Crippen LogP contribution is -2.07. The minimum atomic E-state index is -0.707. The molecule has 2 nitrogen and oxygen atoms in total. The van der Waals surface area contributed by atoms with E-state index in [-0.39, 0.29) is 5.92 Å². The molecule has 0 amide bonds. The van der Waals surface area contributed by atoms with Crippen molar-refractivity contribution in [2.24, 2.45) is 0 Å². The van der Waals surface area contributed by atoms with Crippen molar-refractivity contribution in [1.29, 1.82) is 0 Å². The maximum atomic E-state index is 10.8. The van der Waals surface area contributed by atoms with Crippen molar-refractivity contribution in [2.75, 3.05) is 0 Å². The van der Waals surface area contributed by atoms with Crippen LogP contribution >= 0.6 is 15.9 Å².